The quantitative estimate of drug-likeness (QED) is 0.209. The van der Waals surface area contributed by atoms with Crippen LogP contribution in [0.5, 0.6) is 5.75 Å². The SMILES string of the molecule is COc1ccc(S(=O)(=O)N(CC(N)=O)c2ccc(N(CC(N)=O)S(=O)(=O)c3ccc(NC(C)=O)cc3)c3ccccc23)cc1. The molecule has 4 aromatic carbocycles. The molecule has 13 nitrogen and oxygen atoms in total. The molecular weight excluding hydrogens is 610 g/mol. The zero-order chi connectivity index (χ0) is 32.2. The Labute approximate surface area is 254 Å². The zero-order valence-corrected chi connectivity index (χ0v) is 25.3. The van der Waals surface area contributed by atoms with Crippen molar-refractivity contribution < 1.29 is 36.0 Å². The number of nitrogens with zero attached hydrogens (tertiary/aromatic N) is 2. The molecule has 0 fully saturated rings. The van der Waals surface area contributed by atoms with Crippen molar-refractivity contribution >= 4 is 65.6 Å². The van der Waals surface area contributed by atoms with Crippen LogP contribution in [0.15, 0.2) is 94.7 Å². The molecule has 44 heavy (non-hydrogen) atoms. The first-order valence-electron chi connectivity index (χ1n) is 12.9. The highest BCUT2D eigenvalue weighted by molar-refractivity contribution is 7.93. The zero-order valence-electron chi connectivity index (χ0n) is 23.6. The maximum atomic E-state index is 13.9. The molecule has 4 aromatic rings. The number of rotatable bonds is 12. The molecule has 4 rings (SSSR count). The first kappa shape index (κ1) is 31.8. The van der Waals surface area contributed by atoms with Gasteiger partial charge in [-0.05, 0) is 60.7 Å². The lowest BCUT2D eigenvalue weighted by molar-refractivity contribution is -0.117. The molecule has 0 bridgehead atoms. The highest BCUT2D eigenvalue weighted by Crippen LogP contribution is 2.38. The summed E-state index contributed by atoms with van der Waals surface area (Å²) < 4.78 is 62.1. The minimum absolute atomic E-state index is 0.0231. The number of primary amides is 2. The Morgan fingerprint density at radius 1 is 0.682 bits per heavy atom. The Bertz CT molecular complexity index is 1950. The molecule has 15 heteroatoms. The van der Waals surface area contributed by atoms with Crippen LogP contribution in [0.2, 0.25) is 0 Å². The Morgan fingerprint density at radius 2 is 1.09 bits per heavy atom. The van der Waals surface area contributed by atoms with Gasteiger partial charge in [0, 0.05) is 23.4 Å². The van der Waals surface area contributed by atoms with E-state index < -0.39 is 45.0 Å². The Hall–Kier alpha value is -5.15. The smallest absolute Gasteiger partial charge is 0.264 e. The van der Waals surface area contributed by atoms with E-state index >= 15 is 0 Å². The summed E-state index contributed by atoms with van der Waals surface area (Å²) in [6, 6.07) is 19.8. The average Bonchev–Trinajstić information content (AvgIpc) is 2.98. The summed E-state index contributed by atoms with van der Waals surface area (Å²) in [5.74, 6) is -1.81. The molecule has 0 saturated heterocycles. The van der Waals surface area contributed by atoms with Gasteiger partial charge in [-0.2, -0.15) is 0 Å². The van der Waals surface area contributed by atoms with Gasteiger partial charge < -0.3 is 21.5 Å². The summed E-state index contributed by atoms with van der Waals surface area (Å²) in [5, 5.41) is 3.03. The van der Waals surface area contributed by atoms with Gasteiger partial charge in [-0.25, -0.2) is 16.8 Å². The van der Waals surface area contributed by atoms with Crippen molar-refractivity contribution in [3.63, 3.8) is 0 Å². The maximum Gasteiger partial charge on any atom is 0.264 e. The molecule has 0 radical (unpaired) electrons. The van der Waals surface area contributed by atoms with Gasteiger partial charge >= 0.3 is 0 Å². The van der Waals surface area contributed by atoms with E-state index in [1.54, 1.807) is 24.3 Å². The standard InChI is InChI=1S/C29H29N5O8S2/c1-19(35)32-20-7-11-22(12-8-20)43(38,39)33(17-28(30)36)26-15-16-27(25-6-4-3-5-24(25)26)34(18-29(31)37)44(40,41)23-13-9-21(42-2)10-14-23/h3-16H,17-18H2,1-2H3,(H2,30,36)(H2,31,37)(H,32,35). The third-order valence-corrected chi connectivity index (χ3v) is 9.97. The number of carbonyl (C=O) groups is 3. The Balaban J connectivity index is 1.89. The number of anilines is 3. The monoisotopic (exact) mass is 639 g/mol. The van der Waals surface area contributed by atoms with E-state index in [9.17, 15) is 31.2 Å². The van der Waals surface area contributed by atoms with Crippen molar-refractivity contribution in [1.29, 1.82) is 0 Å². The van der Waals surface area contributed by atoms with Crippen molar-refractivity contribution in [2.45, 2.75) is 16.7 Å². The molecule has 0 saturated carbocycles. The summed E-state index contributed by atoms with van der Waals surface area (Å²) in [6.07, 6.45) is 0. The van der Waals surface area contributed by atoms with E-state index in [-0.39, 0.29) is 37.8 Å². The van der Waals surface area contributed by atoms with Gasteiger partial charge in [-0.15, -0.1) is 0 Å². The van der Waals surface area contributed by atoms with E-state index in [2.05, 4.69) is 5.32 Å². The number of hydrogen-bond acceptors (Lipinski definition) is 8. The van der Waals surface area contributed by atoms with Gasteiger partial charge in [0.1, 0.15) is 18.8 Å². The number of benzene rings is 4. The fourth-order valence-electron chi connectivity index (χ4n) is 4.50. The number of nitrogens with one attached hydrogen (secondary N) is 1. The van der Waals surface area contributed by atoms with Crippen LogP contribution in [0, 0.1) is 0 Å². The molecule has 0 aliphatic heterocycles. The van der Waals surface area contributed by atoms with Crippen LogP contribution in [-0.2, 0) is 34.4 Å². The molecular formula is C29H29N5O8S2. The number of hydrogen-bond donors (Lipinski definition) is 3. The normalized spacial score (nSPS) is 11.5. The van der Waals surface area contributed by atoms with Crippen LogP contribution < -0.4 is 30.1 Å². The third-order valence-electron chi connectivity index (χ3n) is 6.42. The second-order valence-corrected chi connectivity index (χ2v) is 13.2. The highest BCUT2D eigenvalue weighted by Gasteiger charge is 2.31. The lowest BCUT2D eigenvalue weighted by Crippen LogP contribution is -2.39. The van der Waals surface area contributed by atoms with Crippen LogP contribution in [0.1, 0.15) is 6.92 Å². The van der Waals surface area contributed by atoms with Crippen LogP contribution in [-0.4, -0.2) is 54.8 Å². The van der Waals surface area contributed by atoms with Crippen molar-refractivity contribution in [1.82, 2.24) is 0 Å². The van der Waals surface area contributed by atoms with Gasteiger partial charge in [-0.3, -0.25) is 23.0 Å². The maximum absolute atomic E-state index is 13.9. The number of methoxy groups -OCH3 is 1. The van der Waals surface area contributed by atoms with Gasteiger partial charge in [0.15, 0.2) is 0 Å². The second-order valence-electron chi connectivity index (χ2n) is 9.49. The van der Waals surface area contributed by atoms with Gasteiger partial charge in [-0.1, -0.05) is 24.3 Å². The first-order chi connectivity index (χ1) is 20.7. The van der Waals surface area contributed by atoms with Crippen LogP contribution in [0.3, 0.4) is 0 Å². The van der Waals surface area contributed by atoms with Crippen molar-refractivity contribution in [3.05, 3.63) is 84.9 Å². The molecule has 0 aliphatic carbocycles. The minimum atomic E-state index is -4.41. The van der Waals surface area contributed by atoms with E-state index in [1.165, 1.54) is 74.7 Å². The molecule has 0 unspecified atom stereocenters. The van der Waals surface area contributed by atoms with Crippen molar-refractivity contribution in [2.75, 3.05) is 34.1 Å². The number of carbonyl (C=O) groups excluding carboxylic acids is 3. The molecule has 0 heterocycles. The summed E-state index contributed by atoms with van der Waals surface area (Å²) in [4.78, 5) is 35.3. The van der Waals surface area contributed by atoms with Gasteiger partial charge in [0.25, 0.3) is 20.0 Å². The summed E-state index contributed by atoms with van der Waals surface area (Å²) in [5.41, 5.74) is 11.3. The minimum Gasteiger partial charge on any atom is -0.497 e. The fraction of sp³-hybridized carbons (Fsp3) is 0.138. The van der Waals surface area contributed by atoms with Crippen LogP contribution in [0.4, 0.5) is 17.1 Å². The molecule has 0 aliphatic rings. The largest absolute Gasteiger partial charge is 0.497 e. The fourth-order valence-corrected chi connectivity index (χ4v) is 7.40. The number of nitrogens with two attached hydrogens (primary N) is 2. The predicted molar refractivity (Wildman–Crippen MR) is 165 cm³/mol. The summed E-state index contributed by atoms with van der Waals surface area (Å²) >= 11 is 0. The summed E-state index contributed by atoms with van der Waals surface area (Å²) in [6.45, 7) is -0.156. The van der Waals surface area contributed by atoms with E-state index in [1.807, 2.05) is 0 Å². The van der Waals surface area contributed by atoms with E-state index in [0.717, 1.165) is 8.61 Å². The van der Waals surface area contributed by atoms with Crippen molar-refractivity contribution in [3.8, 4) is 5.75 Å². The van der Waals surface area contributed by atoms with Crippen LogP contribution >= 0.6 is 0 Å². The topological polar surface area (TPSA) is 199 Å². The first-order valence-corrected chi connectivity index (χ1v) is 15.8. The molecule has 5 N–H and O–H groups in total. The average molecular weight is 640 g/mol. The van der Waals surface area contributed by atoms with Crippen molar-refractivity contribution in [2.24, 2.45) is 11.5 Å². The highest BCUT2D eigenvalue weighted by atomic mass is 32.2. The Kier molecular flexibility index (Phi) is 9.11. The number of amides is 3. The molecule has 0 aromatic heterocycles. The van der Waals surface area contributed by atoms with E-state index in [4.69, 9.17) is 16.2 Å². The predicted octanol–water partition coefficient (Wildman–Crippen LogP) is 2.17. The van der Waals surface area contributed by atoms with Gasteiger partial charge in [0.2, 0.25) is 17.7 Å². The van der Waals surface area contributed by atoms with Gasteiger partial charge in [0.05, 0.1) is 28.3 Å². The number of fused-ring (bicyclic) bond motifs is 1. The molecule has 0 atom stereocenters. The molecule has 3 amide bonds. The van der Waals surface area contributed by atoms with Crippen LogP contribution in [0.25, 0.3) is 10.8 Å². The lowest BCUT2D eigenvalue weighted by Gasteiger charge is -2.28. The number of sulfonamides is 2. The third kappa shape index (κ3) is 6.58. The Morgan fingerprint density at radius 3 is 1.45 bits per heavy atom. The summed E-state index contributed by atoms with van der Waals surface area (Å²) in [7, 11) is -7.35. The molecule has 0 spiro atoms. The number of ether oxygens (including phenoxy) is 1. The second kappa shape index (κ2) is 12.6. The van der Waals surface area contributed by atoms with E-state index in [0.29, 0.717) is 11.4 Å². The molecule has 230 valence electrons. The lowest BCUT2D eigenvalue weighted by atomic mass is 10.1.